The number of aliphatic hydroxyl groups is 1. The Labute approximate surface area is 124 Å². The van der Waals surface area contributed by atoms with Gasteiger partial charge in [-0.3, -0.25) is 4.79 Å². The van der Waals surface area contributed by atoms with E-state index in [9.17, 15) is 9.90 Å². The maximum Gasteiger partial charge on any atom is 0.251 e. The summed E-state index contributed by atoms with van der Waals surface area (Å²) in [6, 6.07) is 13.8. The summed E-state index contributed by atoms with van der Waals surface area (Å²) in [5.41, 5.74) is 4.86. The van der Waals surface area contributed by atoms with Gasteiger partial charge in [0.2, 0.25) is 0 Å². The van der Waals surface area contributed by atoms with Crippen LogP contribution in [0.3, 0.4) is 0 Å². The Morgan fingerprint density at radius 1 is 1.24 bits per heavy atom. The summed E-state index contributed by atoms with van der Waals surface area (Å²) in [5, 5.41) is 13.3. The van der Waals surface area contributed by atoms with E-state index in [0.29, 0.717) is 18.5 Å². The smallest absolute Gasteiger partial charge is 0.251 e. The lowest BCUT2D eigenvalue weighted by Gasteiger charge is -2.19. The molecule has 0 spiro atoms. The van der Waals surface area contributed by atoms with Crippen LogP contribution >= 0.6 is 0 Å². The molecule has 3 nitrogen and oxygen atoms in total. The van der Waals surface area contributed by atoms with Crippen molar-refractivity contribution < 1.29 is 9.90 Å². The molecule has 21 heavy (non-hydrogen) atoms. The van der Waals surface area contributed by atoms with Crippen LogP contribution in [0.2, 0.25) is 0 Å². The molecule has 0 saturated heterocycles. The van der Waals surface area contributed by atoms with Gasteiger partial charge in [0.1, 0.15) is 0 Å². The van der Waals surface area contributed by atoms with E-state index in [0.717, 1.165) is 23.1 Å². The zero-order valence-electron chi connectivity index (χ0n) is 12.1. The van der Waals surface area contributed by atoms with E-state index in [1.807, 2.05) is 49.4 Å². The van der Waals surface area contributed by atoms with Gasteiger partial charge < -0.3 is 10.4 Å². The Morgan fingerprint density at radius 2 is 2.05 bits per heavy atom. The van der Waals surface area contributed by atoms with Gasteiger partial charge in [0.15, 0.2) is 0 Å². The third-order valence-corrected chi connectivity index (χ3v) is 4.12. The number of amides is 1. The fourth-order valence-electron chi connectivity index (χ4n) is 2.80. The number of aliphatic hydroxyl groups excluding tert-OH is 1. The van der Waals surface area contributed by atoms with E-state index in [4.69, 9.17) is 0 Å². The second kappa shape index (κ2) is 5.70. The largest absolute Gasteiger partial charge is 0.388 e. The van der Waals surface area contributed by atoms with Crippen LogP contribution in [0.25, 0.3) is 0 Å². The zero-order chi connectivity index (χ0) is 14.8. The van der Waals surface area contributed by atoms with Crippen LogP contribution in [-0.4, -0.2) is 17.6 Å². The lowest BCUT2D eigenvalue weighted by molar-refractivity contribution is 0.0945. The summed E-state index contributed by atoms with van der Waals surface area (Å²) in [6.07, 6.45) is 0.827. The second-order valence-electron chi connectivity index (χ2n) is 5.57. The molecule has 108 valence electrons. The highest BCUT2D eigenvalue weighted by Crippen LogP contribution is 2.24. The Kier molecular flexibility index (Phi) is 3.76. The second-order valence-corrected chi connectivity index (χ2v) is 5.57. The summed E-state index contributed by atoms with van der Waals surface area (Å²) in [7, 11) is 0. The molecule has 1 aliphatic heterocycles. The van der Waals surface area contributed by atoms with Crippen molar-refractivity contribution in [3.8, 4) is 0 Å². The number of nitrogens with one attached hydrogen (secondary N) is 1. The normalized spacial score (nSPS) is 15.2. The number of hydrogen-bond donors (Lipinski definition) is 2. The fraction of sp³-hybridized carbons (Fsp3) is 0.278. The van der Waals surface area contributed by atoms with Crippen molar-refractivity contribution in [1.82, 2.24) is 5.32 Å². The van der Waals surface area contributed by atoms with Gasteiger partial charge in [0.25, 0.3) is 5.91 Å². The lowest BCUT2D eigenvalue weighted by atomic mass is 9.93. The molecule has 0 fully saturated rings. The lowest BCUT2D eigenvalue weighted by Crippen LogP contribution is -2.31. The molecule has 0 radical (unpaired) electrons. The van der Waals surface area contributed by atoms with Crippen LogP contribution in [0.15, 0.2) is 42.5 Å². The van der Waals surface area contributed by atoms with Crippen molar-refractivity contribution in [2.45, 2.75) is 25.9 Å². The van der Waals surface area contributed by atoms with Crippen LogP contribution < -0.4 is 5.32 Å². The molecule has 2 N–H and O–H groups in total. The van der Waals surface area contributed by atoms with Crippen LogP contribution in [0.4, 0.5) is 0 Å². The Hall–Kier alpha value is -2.13. The molecule has 3 rings (SSSR count). The number of aryl methyl sites for hydroxylation is 1. The van der Waals surface area contributed by atoms with Crippen LogP contribution in [0.5, 0.6) is 0 Å². The molecule has 0 aliphatic carbocycles. The van der Waals surface area contributed by atoms with E-state index in [2.05, 4.69) is 5.32 Å². The Morgan fingerprint density at radius 3 is 2.86 bits per heavy atom. The molecule has 1 amide bonds. The summed E-state index contributed by atoms with van der Waals surface area (Å²) in [5.74, 6) is -0.0406. The van der Waals surface area contributed by atoms with Gasteiger partial charge in [0, 0.05) is 18.5 Å². The van der Waals surface area contributed by atoms with Crippen molar-refractivity contribution in [3.63, 3.8) is 0 Å². The molecule has 1 heterocycles. The number of carbonyl (C=O) groups excluding carboxylic acids is 1. The zero-order valence-corrected chi connectivity index (χ0v) is 12.1. The van der Waals surface area contributed by atoms with Crippen molar-refractivity contribution in [3.05, 3.63) is 70.3 Å². The summed E-state index contributed by atoms with van der Waals surface area (Å²) < 4.78 is 0. The molecule has 2 aromatic rings. The topological polar surface area (TPSA) is 49.3 Å². The number of fused-ring (bicyclic) bond motifs is 1. The summed E-state index contributed by atoms with van der Waals surface area (Å²) >= 11 is 0. The van der Waals surface area contributed by atoms with Crippen LogP contribution in [-0.2, 0) is 12.8 Å². The highest BCUT2D eigenvalue weighted by Gasteiger charge is 2.19. The molecule has 1 atom stereocenters. The van der Waals surface area contributed by atoms with Gasteiger partial charge >= 0.3 is 0 Å². The molecule has 0 saturated carbocycles. The van der Waals surface area contributed by atoms with Crippen molar-refractivity contribution in [2.75, 3.05) is 6.54 Å². The third kappa shape index (κ3) is 2.83. The van der Waals surface area contributed by atoms with Gasteiger partial charge in [-0.2, -0.15) is 0 Å². The van der Waals surface area contributed by atoms with Gasteiger partial charge in [-0.05, 0) is 41.7 Å². The molecule has 1 unspecified atom stereocenters. The molecule has 3 heteroatoms. The SMILES string of the molecule is Cc1ccccc1CC(O)c1ccc2c(c1)C(=O)NCC2. The minimum atomic E-state index is -0.592. The van der Waals surface area contributed by atoms with Crippen molar-refractivity contribution in [1.29, 1.82) is 0 Å². The van der Waals surface area contributed by atoms with Gasteiger partial charge in [-0.15, -0.1) is 0 Å². The molecule has 0 bridgehead atoms. The van der Waals surface area contributed by atoms with Gasteiger partial charge in [-0.25, -0.2) is 0 Å². The van der Waals surface area contributed by atoms with E-state index in [1.54, 1.807) is 0 Å². The molecular weight excluding hydrogens is 262 g/mol. The summed E-state index contributed by atoms with van der Waals surface area (Å²) in [6.45, 7) is 2.74. The molecule has 2 aromatic carbocycles. The first-order valence-electron chi connectivity index (χ1n) is 7.29. The highest BCUT2D eigenvalue weighted by atomic mass is 16.3. The van der Waals surface area contributed by atoms with E-state index in [-0.39, 0.29) is 5.91 Å². The van der Waals surface area contributed by atoms with Crippen LogP contribution in [0, 0.1) is 6.92 Å². The first-order valence-corrected chi connectivity index (χ1v) is 7.29. The minimum Gasteiger partial charge on any atom is -0.388 e. The van der Waals surface area contributed by atoms with Crippen molar-refractivity contribution in [2.24, 2.45) is 0 Å². The average Bonchev–Trinajstić information content (AvgIpc) is 2.50. The van der Waals surface area contributed by atoms with Gasteiger partial charge in [-0.1, -0.05) is 36.4 Å². The fourth-order valence-corrected chi connectivity index (χ4v) is 2.80. The summed E-state index contributed by atoms with van der Waals surface area (Å²) in [4.78, 5) is 11.9. The maximum absolute atomic E-state index is 11.9. The molecular formula is C18H19NO2. The predicted octanol–water partition coefficient (Wildman–Crippen LogP) is 2.56. The Balaban J connectivity index is 1.85. The number of rotatable bonds is 3. The van der Waals surface area contributed by atoms with Crippen LogP contribution in [0.1, 0.15) is 38.7 Å². The van der Waals surface area contributed by atoms with Crippen molar-refractivity contribution >= 4 is 5.91 Å². The average molecular weight is 281 g/mol. The van der Waals surface area contributed by atoms with Gasteiger partial charge in [0.05, 0.1) is 6.10 Å². The highest BCUT2D eigenvalue weighted by molar-refractivity contribution is 5.96. The number of hydrogen-bond acceptors (Lipinski definition) is 2. The molecule has 0 aromatic heterocycles. The monoisotopic (exact) mass is 281 g/mol. The number of carbonyl (C=O) groups is 1. The van der Waals surface area contributed by atoms with E-state index >= 15 is 0 Å². The first-order chi connectivity index (χ1) is 10.1. The maximum atomic E-state index is 11.9. The predicted molar refractivity (Wildman–Crippen MR) is 82.3 cm³/mol. The standard InChI is InChI=1S/C18H19NO2/c1-12-4-2-3-5-14(12)11-17(20)15-7-6-13-8-9-19-18(21)16(13)10-15/h2-7,10,17,20H,8-9,11H2,1H3,(H,19,21). The third-order valence-electron chi connectivity index (χ3n) is 4.12. The van der Waals surface area contributed by atoms with E-state index < -0.39 is 6.10 Å². The Bertz CT molecular complexity index is 679. The first kappa shape index (κ1) is 13.8. The quantitative estimate of drug-likeness (QED) is 0.908. The minimum absolute atomic E-state index is 0.0406. The number of benzene rings is 2. The molecule has 1 aliphatic rings. The van der Waals surface area contributed by atoms with E-state index in [1.165, 1.54) is 5.56 Å².